The van der Waals surface area contributed by atoms with E-state index in [1.165, 1.54) is 4.68 Å². The van der Waals surface area contributed by atoms with Crippen LogP contribution in [0.2, 0.25) is 0 Å². The molecule has 0 unspecified atom stereocenters. The Hall–Kier alpha value is -2.40. The maximum atomic E-state index is 11.9. The molecule has 4 nitrogen and oxygen atoms in total. The summed E-state index contributed by atoms with van der Waals surface area (Å²) in [5.41, 5.74) is 1.72. The van der Waals surface area contributed by atoms with Gasteiger partial charge >= 0.3 is 0 Å². The third-order valence-corrected chi connectivity index (χ3v) is 4.02. The lowest BCUT2D eigenvalue weighted by Gasteiger charge is -2.07. The van der Waals surface area contributed by atoms with Gasteiger partial charge in [0.05, 0.1) is 18.5 Å². The molecule has 2 heterocycles. The monoisotopic (exact) mass is 298 g/mol. The Labute approximate surface area is 126 Å². The van der Waals surface area contributed by atoms with Crippen molar-refractivity contribution in [2.24, 2.45) is 0 Å². The smallest absolute Gasteiger partial charge is 0.267 e. The summed E-state index contributed by atoms with van der Waals surface area (Å²) in [5, 5.41) is 6.43. The Balaban J connectivity index is 1.90. The summed E-state index contributed by atoms with van der Waals surface area (Å²) in [4.78, 5) is 13.0. The van der Waals surface area contributed by atoms with Crippen LogP contribution < -0.4 is 10.3 Å². The second-order valence-corrected chi connectivity index (χ2v) is 5.49. The molecule has 3 aromatic rings. The fraction of sp³-hybridized carbons (Fsp3) is 0.125. The van der Waals surface area contributed by atoms with Crippen molar-refractivity contribution >= 4 is 11.3 Å². The molecule has 0 spiro atoms. The average molecular weight is 298 g/mol. The van der Waals surface area contributed by atoms with Crippen LogP contribution in [0.4, 0.5) is 0 Å². The Morgan fingerprint density at radius 3 is 2.62 bits per heavy atom. The number of ether oxygens (including phenoxy) is 1. The van der Waals surface area contributed by atoms with Gasteiger partial charge in [-0.15, -0.1) is 11.3 Å². The van der Waals surface area contributed by atoms with Gasteiger partial charge in [-0.05, 0) is 35.2 Å². The van der Waals surface area contributed by atoms with Crippen molar-refractivity contribution < 1.29 is 4.74 Å². The van der Waals surface area contributed by atoms with Crippen LogP contribution in [0.3, 0.4) is 0 Å². The first kappa shape index (κ1) is 13.6. The zero-order valence-corrected chi connectivity index (χ0v) is 12.3. The maximum Gasteiger partial charge on any atom is 0.267 e. The van der Waals surface area contributed by atoms with Gasteiger partial charge in [-0.25, -0.2) is 4.68 Å². The number of thiophene rings is 1. The number of aromatic nitrogens is 2. The van der Waals surface area contributed by atoms with Crippen LogP contribution in [0.5, 0.6) is 5.75 Å². The van der Waals surface area contributed by atoms with E-state index in [9.17, 15) is 4.79 Å². The molecule has 0 N–H and O–H groups in total. The minimum Gasteiger partial charge on any atom is -0.497 e. The largest absolute Gasteiger partial charge is 0.497 e. The van der Waals surface area contributed by atoms with Crippen LogP contribution in [0, 0.1) is 0 Å². The second-order valence-electron chi connectivity index (χ2n) is 4.54. The summed E-state index contributed by atoms with van der Waals surface area (Å²) in [6.45, 7) is 0.446. The van der Waals surface area contributed by atoms with Crippen LogP contribution in [0.15, 0.2) is 58.7 Å². The molecule has 0 saturated heterocycles. The zero-order chi connectivity index (χ0) is 14.7. The highest BCUT2D eigenvalue weighted by molar-refractivity contribution is 7.13. The topological polar surface area (TPSA) is 44.1 Å². The maximum absolute atomic E-state index is 11.9. The number of methoxy groups -OCH3 is 1. The van der Waals surface area contributed by atoms with E-state index in [0.717, 1.165) is 21.9 Å². The van der Waals surface area contributed by atoms with E-state index in [-0.39, 0.29) is 5.56 Å². The quantitative estimate of drug-likeness (QED) is 0.743. The first-order valence-electron chi connectivity index (χ1n) is 6.51. The Morgan fingerprint density at radius 2 is 1.95 bits per heavy atom. The highest BCUT2D eigenvalue weighted by Crippen LogP contribution is 2.21. The molecule has 21 heavy (non-hydrogen) atoms. The van der Waals surface area contributed by atoms with Crippen molar-refractivity contribution in [3.63, 3.8) is 0 Å². The van der Waals surface area contributed by atoms with Crippen LogP contribution in [0.25, 0.3) is 10.6 Å². The van der Waals surface area contributed by atoms with Crippen molar-refractivity contribution in [2.75, 3.05) is 7.11 Å². The molecule has 1 aromatic carbocycles. The molecule has 106 valence electrons. The molecule has 3 rings (SSSR count). The standard InChI is InChI=1S/C16H14N2O2S/c1-20-13-6-4-12(5-7-13)11-18-16(19)9-8-14(17-18)15-3-2-10-21-15/h2-10H,11H2,1H3. The summed E-state index contributed by atoms with van der Waals surface area (Å²) in [7, 11) is 1.63. The first-order valence-corrected chi connectivity index (χ1v) is 7.39. The van der Waals surface area contributed by atoms with E-state index in [1.54, 1.807) is 30.6 Å². The molecular weight excluding hydrogens is 284 g/mol. The van der Waals surface area contributed by atoms with Crippen molar-refractivity contribution in [3.05, 3.63) is 69.8 Å². The van der Waals surface area contributed by atoms with Gasteiger partial charge in [0.15, 0.2) is 0 Å². The third-order valence-electron chi connectivity index (χ3n) is 3.13. The SMILES string of the molecule is COc1ccc(Cn2nc(-c3cccs3)ccc2=O)cc1. The molecule has 0 aliphatic rings. The molecular formula is C16H14N2O2S. The predicted octanol–water partition coefficient (Wildman–Crippen LogP) is 3.03. The van der Waals surface area contributed by atoms with Crippen LogP contribution >= 0.6 is 11.3 Å². The fourth-order valence-electron chi connectivity index (χ4n) is 2.02. The molecule has 2 aromatic heterocycles. The van der Waals surface area contributed by atoms with Gasteiger partial charge in [0.1, 0.15) is 11.4 Å². The Bertz CT molecular complexity index is 777. The summed E-state index contributed by atoms with van der Waals surface area (Å²) in [6, 6.07) is 14.9. The third kappa shape index (κ3) is 3.03. The molecule has 0 fully saturated rings. The number of benzene rings is 1. The number of nitrogens with zero attached hydrogens (tertiary/aromatic N) is 2. The minimum absolute atomic E-state index is 0.105. The molecule has 5 heteroatoms. The van der Waals surface area contributed by atoms with Crippen LogP contribution in [-0.4, -0.2) is 16.9 Å². The van der Waals surface area contributed by atoms with Crippen molar-refractivity contribution in [1.29, 1.82) is 0 Å². The molecule has 0 aliphatic heterocycles. The summed E-state index contributed by atoms with van der Waals surface area (Å²) < 4.78 is 6.61. The van der Waals surface area contributed by atoms with E-state index in [1.807, 2.05) is 41.8 Å². The Morgan fingerprint density at radius 1 is 1.14 bits per heavy atom. The van der Waals surface area contributed by atoms with Crippen LogP contribution in [0.1, 0.15) is 5.56 Å². The lowest BCUT2D eigenvalue weighted by Crippen LogP contribution is -2.22. The van der Waals surface area contributed by atoms with Gasteiger partial charge < -0.3 is 4.74 Å². The zero-order valence-electron chi connectivity index (χ0n) is 11.5. The van der Waals surface area contributed by atoms with E-state index in [2.05, 4.69) is 5.10 Å². The van der Waals surface area contributed by atoms with Crippen LogP contribution in [-0.2, 0) is 6.54 Å². The lowest BCUT2D eigenvalue weighted by atomic mass is 10.2. The van der Waals surface area contributed by atoms with Crippen molar-refractivity contribution in [1.82, 2.24) is 9.78 Å². The van der Waals surface area contributed by atoms with Crippen molar-refractivity contribution in [2.45, 2.75) is 6.54 Å². The number of rotatable bonds is 4. The summed E-state index contributed by atoms with van der Waals surface area (Å²) >= 11 is 1.61. The van der Waals surface area contributed by atoms with E-state index in [0.29, 0.717) is 6.54 Å². The average Bonchev–Trinajstić information content (AvgIpc) is 3.04. The summed E-state index contributed by atoms with van der Waals surface area (Å²) in [5.74, 6) is 0.798. The molecule has 0 atom stereocenters. The highest BCUT2D eigenvalue weighted by atomic mass is 32.1. The molecule has 0 aliphatic carbocycles. The van der Waals surface area contributed by atoms with Crippen molar-refractivity contribution in [3.8, 4) is 16.3 Å². The fourth-order valence-corrected chi connectivity index (χ4v) is 2.71. The van der Waals surface area contributed by atoms with Gasteiger partial charge in [0, 0.05) is 6.07 Å². The first-order chi connectivity index (χ1) is 10.3. The van der Waals surface area contributed by atoms with E-state index >= 15 is 0 Å². The number of hydrogen-bond donors (Lipinski definition) is 0. The van der Waals surface area contributed by atoms with Gasteiger partial charge in [-0.1, -0.05) is 18.2 Å². The van der Waals surface area contributed by atoms with E-state index in [4.69, 9.17) is 4.74 Å². The van der Waals surface area contributed by atoms with Gasteiger partial charge in [-0.3, -0.25) is 4.79 Å². The lowest BCUT2D eigenvalue weighted by molar-refractivity contribution is 0.414. The molecule has 0 radical (unpaired) electrons. The minimum atomic E-state index is -0.105. The van der Waals surface area contributed by atoms with Gasteiger partial charge in [0.25, 0.3) is 5.56 Å². The van der Waals surface area contributed by atoms with E-state index < -0.39 is 0 Å². The summed E-state index contributed by atoms with van der Waals surface area (Å²) in [6.07, 6.45) is 0. The molecule has 0 saturated carbocycles. The van der Waals surface area contributed by atoms with Gasteiger partial charge in [-0.2, -0.15) is 5.10 Å². The second kappa shape index (κ2) is 5.93. The number of hydrogen-bond acceptors (Lipinski definition) is 4. The Kier molecular flexibility index (Phi) is 3.83. The molecule has 0 amide bonds. The molecule has 0 bridgehead atoms. The van der Waals surface area contributed by atoms with Gasteiger partial charge in [0.2, 0.25) is 0 Å². The normalized spacial score (nSPS) is 10.5. The highest BCUT2D eigenvalue weighted by Gasteiger charge is 2.05. The predicted molar refractivity (Wildman–Crippen MR) is 83.9 cm³/mol.